The number of oxazole rings is 2. The number of hydrogen-bond acceptors (Lipinski definition) is 6. The molecule has 0 atom stereocenters. The lowest BCUT2D eigenvalue weighted by Crippen LogP contribution is -2.28. The molecule has 6 nitrogen and oxygen atoms in total. The Balaban J connectivity index is 1.08. The molecule has 0 aliphatic heterocycles. The average molecular weight is 707 g/mol. The third-order valence-corrected chi connectivity index (χ3v) is 10.7. The number of benzene rings is 7. The highest BCUT2D eigenvalue weighted by Gasteiger charge is 2.46. The zero-order valence-corrected chi connectivity index (χ0v) is 29.4. The van der Waals surface area contributed by atoms with Crippen LogP contribution in [0, 0.1) is 0 Å². The molecule has 0 spiro atoms. The van der Waals surface area contributed by atoms with E-state index in [4.69, 9.17) is 28.8 Å². The van der Waals surface area contributed by atoms with Crippen LogP contribution in [0.4, 0.5) is 0 Å². The Morgan fingerprint density at radius 1 is 0.400 bits per heavy atom. The van der Waals surface area contributed by atoms with Crippen LogP contribution >= 0.6 is 0 Å². The first-order valence-corrected chi connectivity index (χ1v) is 18.3. The number of fused-ring (bicyclic) bond motifs is 5. The zero-order chi connectivity index (χ0) is 36.3. The number of nitrogens with zero attached hydrogens (tertiary/aromatic N) is 4. The van der Waals surface area contributed by atoms with Crippen LogP contribution in [0.1, 0.15) is 22.3 Å². The van der Waals surface area contributed by atoms with Crippen LogP contribution in [0.3, 0.4) is 0 Å². The van der Waals surface area contributed by atoms with Gasteiger partial charge in [-0.15, -0.1) is 0 Å². The van der Waals surface area contributed by atoms with Crippen molar-refractivity contribution >= 4 is 22.2 Å². The van der Waals surface area contributed by atoms with Crippen LogP contribution in [-0.2, 0) is 5.41 Å². The zero-order valence-electron chi connectivity index (χ0n) is 29.4. The fourth-order valence-electron chi connectivity index (χ4n) is 8.26. The maximum absolute atomic E-state index is 6.25. The third kappa shape index (κ3) is 4.96. The van der Waals surface area contributed by atoms with Crippen molar-refractivity contribution in [1.29, 1.82) is 0 Å². The molecule has 1 aliphatic carbocycles. The summed E-state index contributed by atoms with van der Waals surface area (Å²) >= 11 is 0. The van der Waals surface area contributed by atoms with Gasteiger partial charge in [-0.05, 0) is 88.0 Å². The molecule has 0 saturated heterocycles. The molecule has 10 aromatic rings. The van der Waals surface area contributed by atoms with Gasteiger partial charge in [-0.3, -0.25) is 0 Å². The van der Waals surface area contributed by atoms with Crippen LogP contribution < -0.4 is 0 Å². The van der Waals surface area contributed by atoms with E-state index in [2.05, 4.69) is 115 Å². The van der Waals surface area contributed by atoms with E-state index in [0.29, 0.717) is 17.6 Å². The van der Waals surface area contributed by atoms with E-state index in [9.17, 15) is 0 Å². The van der Waals surface area contributed by atoms with Crippen LogP contribution in [0.15, 0.2) is 191 Å². The molecule has 1 aliphatic rings. The van der Waals surface area contributed by atoms with Gasteiger partial charge in [0.15, 0.2) is 17.0 Å². The SMILES string of the molecule is c1ccc(C2(c3ccccc3)c3ccccc3-c3ccc(-c4nccc(-c5cc(-c6nc7ccccc7o6)cc(-c6nc7ccccc7o6)c5)n4)cc32)cc1. The summed E-state index contributed by atoms with van der Waals surface area (Å²) in [4.78, 5) is 19.7. The minimum Gasteiger partial charge on any atom is -0.436 e. The molecule has 0 unspecified atom stereocenters. The van der Waals surface area contributed by atoms with Crippen molar-refractivity contribution in [3.63, 3.8) is 0 Å². The second-order valence-electron chi connectivity index (χ2n) is 13.8. The van der Waals surface area contributed by atoms with Gasteiger partial charge in [0.1, 0.15) is 11.0 Å². The fourth-order valence-corrected chi connectivity index (χ4v) is 8.26. The van der Waals surface area contributed by atoms with E-state index in [1.54, 1.807) is 0 Å². The molecular formula is C49H30N4O2. The quantitative estimate of drug-likeness (QED) is 0.171. The van der Waals surface area contributed by atoms with E-state index in [0.717, 1.165) is 50.1 Å². The molecule has 55 heavy (non-hydrogen) atoms. The second-order valence-corrected chi connectivity index (χ2v) is 13.8. The minimum atomic E-state index is -0.523. The van der Waals surface area contributed by atoms with Crippen LogP contribution in [0.5, 0.6) is 0 Å². The summed E-state index contributed by atoms with van der Waals surface area (Å²) in [5.41, 5.74) is 13.9. The Morgan fingerprint density at radius 2 is 0.945 bits per heavy atom. The summed E-state index contributed by atoms with van der Waals surface area (Å²) in [6.45, 7) is 0. The molecule has 0 N–H and O–H groups in total. The summed E-state index contributed by atoms with van der Waals surface area (Å²) in [6.07, 6.45) is 1.83. The highest BCUT2D eigenvalue weighted by atomic mass is 16.4. The molecule has 0 radical (unpaired) electrons. The third-order valence-electron chi connectivity index (χ3n) is 10.7. The highest BCUT2D eigenvalue weighted by Crippen LogP contribution is 2.56. The van der Waals surface area contributed by atoms with Gasteiger partial charge in [0, 0.05) is 28.5 Å². The standard InChI is InChI=1S/C49H30N4O2/c1-3-13-35(14-4-1)49(36-15-5-2-6-16-36)39-18-8-7-17-37(39)38-24-23-31(30-40(38)49)46-50-26-25-41(51-46)32-27-33(47-52-42-19-9-11-21-44(42)54-47)29-34(28-32)48-53-43-20-10-12-22-45(43)55-48/h1-30H. The normalized spacial score (nSPS) is 12.9. The van der Waals surface area contributed by atoms with E-state index in [1.165, 1.54) is 33.4 Å². The van der Waals surface area contributed by atoms with Gasteiger partial charge in [0.05, 0.1) is 11.1 Å². The predicted octanol–water partition coefficient (Wildman–Crippen LogP) is 11.8. The number of aromatic nitrogens is 4. The Morgan fingerprint density at radius 3 is 1.58 bits per heavy atom. The summed E-state index contributed by atoms with van der Waals surface area (Å²) in [6, 6.07) is 60.6. The smallest absolute Gasteiger partial charge is 0.227 e. The van der Waals surface area contributed by atoms with Crippen molar-refractivity contribution in [3.05, 3.63) is 204 Å². The predicted molar refractivity (Wildman–Crippen MR) is 216 cm³/mol. The molecule has 6 heteroatoms. The van der Waals surface area contributed by atoms with Crippen molar-refractivity contribution in [2.75, 3.05) is 0 Å². The van der Waals surface area contributed by atoms with E-state index in [-0.39, 0.29) is 0 Å². The van der Waals surface area contributed by atoms with Gasteiger partial charge < -0.3 is 8.83 Å². The Labute approximate surface area is 316 Å². The Bertz CT molecular complexity index is 2860. The molecule has 0 bridgehead atoms. The van der Waals surface area contributed by atoms with Gasteiger partial charge in [0.2, 0.25) is 11.8 Å². The average Bonchev–Trinajstić information content (AvgIpc) is 3.97. The van der Waals surface area contributed by atoms with Gasteiger partial charge >= 0.3 is 0 Å². The summed E-state index contributed by atoms with van der Waals surface area (Å²) in [5, 5.41) is 0. The lowest BCUT2D eigenvalue weighted by atomic mass is 9.67. The maximum Gasteiger partial charge on any atom is 0.227 e. The minimum absolute atomic E-state index is 0.506. The molecule has 0 fully saturated rings. The summed E-state index contributed by atoms with van der Waals surface area (Å²) < 4.78 is 12.5. The van der Waals surface area contributed by atoms with E-state index in [1.807, 2.05) is 66.9 Å². The summed E-state index contributed by atoms with van der Waals surface area (Å²) in [5.74, 6) is 1.64. The van der Waals surface area contributed by atoms with Crippen LogP contribution in [0.2, 0.25) is 0 Å². The van der Waals surface area contributed by atoms with Gasteiger partial charge in [-0.2, -0.15) is 0 Å². The largest absolute Gasteiger partial charge is 0.436 e. The molecule has 3 heterocycles. The molecule has 0 amide bonds. The lowest BCUT2D eigenvalue weighted by Gasteiger charge is -2.34. The van der Waals surface area contributed by atoms with Crippen LogP contribution in [-0.4, -0.2) is 19.9 Å². The van der Waals surface area contributed by atoms with Crippen molar-refractivity contribution in [2.24, 2.45) is 0 Å². The monoisotopic (exact) mass is 706 g/mol. The number of rotatable bonds is 6. The molecule has 3 aromatic heterocycles. The molecule has 7 aromatic carbocycles. The maximum atomic E-state index is 6.25. The molecule has 11 rings (SSSR count). The lowest BCUT2D eigenvalue weighted by molar-refractivity contribution is 0.617. The van der Waals surface area contributed by atoms with E-state index < -0.39 is 5.41 Å². The van der Waals surface area contributed by atoms with Crippen LogP contribution in [0.25, 0.3) is 78.9 Å². The summed E-state index contributed by atoms with van der Waals surface area (Å²) in [7, 11) is 0. The van der Waals surface area contributed by atoms with Crippen molar-refractivity contribution in [3.8, 4) is 56.7 Å². The topological polar surface area (TPSA) is 77.8 Å². The van der Waals surface area contributed by atoms with Crippen molar-refractivity contribution in [1.82, 2.24) is 19.9 Å². The molecular weight excluding hydrogens is 677 g/mol. The first kappa shape index (κ1) is 31.1. The molecule has 258 valence electrons. The molecule has 0 saturated carbocycles. The first-order chi connectivity index (χ1) is 27.2. The van der Waals surface area contributed by atoms with Crippen molar-refractivity contribution in [2.45, 2.75) is 5.41 Å². The Kier molecular flexibility index (Phi) is 6.97. The first-order valence-electron chi connectivity index (χ1n) is 18.3. The highest BCUT2D eigenvalue weighted by molar-refractivity contribution is 5.88. The number of hydrogen-bond donors (Lipinski definition) is 0. The van der Waals surface area contributed by atoms with E-state index >= 15 is 0 Å². The number of para-hydroxylation sites is 4. The second kappa shape index (κ2) is 12.3. The fraction of sp³-hybridized carbons (Fsp3) is 0.0204. The van der Waals surface area contributed by atoms with Gasteiger partial charge in [-0.25, -0.2) is 19.9 Å². The van der Waals surface area contributed by atoms with Gasteiger partial charge in [0.25, 0.3) is 0 Å². The van der Waals surface area contributed by atoms with Crippen molar-refractivity contribution < 1.29 is 8.83 Å². The van der Waals surface area contributed by atoms with Gasteiger partial charge in [-0.1, -0.05) is 121 Å². The Hall–Kier alpha value is -7.44.